The van der Waals surface area contributed by atoms with Crippen molar-refractivity contribution in [3.8, 4) is 0 Å². The lowest BCUT2D eigenvalue weighted by atomic mass is 9.77. The molecule has 0 saturated carbocycles. The van der Waals surface area contributed by atoms with E-state index in [1.54, 1.807) is 0 Å². The molecule has 4 nitrogen and oxygen atoms in total. The molecule has 128 valence electrons. The first kappa shape index (κ1) is 17.6. The quantitative estimate of drug-likeness (QED) is 0.467. The van der Waals surface area contributed by atoms with Gasteiger partial charge in [-0.25, -0.2) is 0 Å². The molecule has 0 aromatic heterocycles. The molecular weight excluding hydrogens is 333 g/mol. The van der Waals surface area contributed by atoms with E-state index >= 15 is 0 Å². The van der Waals surface area contributed by atoms with Crippen LogP contribution in [0.5, 0.6) is 0 Å². The molecule has 0 fully saturated rings. The number of rotatable bonds is 6. The van der Waals surface area contributed by atoms with Crippen LogP contribution in [0.3, 0.4) is 0 Å². The Kier molecular flexibility index (Phi) is 5.16. The molecule has 0 spiro atoms. The Hall–Kier alpha value is -2.23. The third-order valence-corrected chi connectivity index (χ3v) is 4.74. The van der Waals surface area contributed by atoms with Gasteiger partial charge in [-0.3, -0.25) is 9.88 Å². The maximum absolute atomic E-state index is 11.6. The third-order valence-electron chi connectivity index (χ3n) is 4.17. The van der Waals surface area contributed by atoms with Gasteiger partial charge in [0.25, 0.3) is 0 Å². The van der Waals surface area contributed by atoms with Crippen molar-refractivity contribution in [2.75, 3.05) is 6.29 Å². The Morgan fingerprint density at radius 3 is 1.28 bits per heavy atom. The van der Waals surface area contributed by atoms with Gasteiger partial charge in [0.1, 0.15) is 0 Å². The van der Waals surface area contributed by atoms with E-state index in [4.69, 9.17) is 0 Å². The highest BCUT2D eigenvalue weighted by molar-refractivity contribution is 7.51. The van der Waals surface area contributed by atoms with Gasteiger partial charge in [0.15, 0.2) is 0 Å². The average molecular weight is 353 g/mol. The minimum absolute atomic E-state index is 0.425. The highest BCUT2D eigenvalue weighted by Gasteiger charge is 2.37. The van der Waals surface area contributed by atoms with Crippen LogP contribution in [0.1, 0.15) is 16.7 Å². The zero-order valence-electron chi connectivity index (χ0n) is 13.6. The summed E-state index contributed by atoms with van der Waals surface area (Å²) in [7, 11) is -4.23. The van der Waals surface area contributed by atoms with Gasteiger partial charge in [0.2, 0.25) is 0 Å². The van der Waals surface area contributed by atoms with Crippen LogP contribution < -0.4 is 5.32 Å². The van der Waals surface area contributed by atoms with E-state index in [2.05, 4.69) is 5.32 Å². The highest BCUT2D eigenvalue weighted by Crippen LogP contribution is 2.40. The lowest BCUT2D eigenvalue weighted by Gasteiger charge is -2.37. The summed E-state index contributed by atoms with van der Waals surface area (Å²) >= 11 is 0. The molecule has 0 atom stereocenters. The van der Waals surface area contributed by atoms with E-state index < -0.39 is 19.4 Å². The Balaban J connectivity index is 2.25. The van der Waals surface area contributed by atoms with E-state index in [1.807, 2.05) is 91.0 Å². The van der Waals surface area contributed by atoms with Crippen molar-refractivity contribution in [3.63, 3.8) is 0 Å². The van der Waals surface area contributed by atoms with Crippen molar-refractivity contribution in [2.24, 2.45) is 0 Å². The SMILES string of the molecule is O=P(O)(O)CNC(c1ccccc1)(c1ccccc1)c1ccccc1. The molecule has 0 radical (unpaired) electrons. The molecule has 0 amide bonds. The monoisotopic (exact) mass is 353 g/mol. The average Bonchev–Trinajstić information content (AvgIpc) is 2.64. The van der Waals surface area contributed by atoms with Crippen molar-refractivity contribution >= 4 is 7.60 Å². The molecule has 3 rings (SSSR count). The molecular formula is C20H20NO3P. The van der Waals surface area contributed by atoms with Crippen LogP contribution in [-0.2, 0) is 10.1 Å². The van der Waals surface area contributed by atoms with Crippen LogP contribution in [0.4, 0.5) is 0 Å². The van der Waals surface area contributed by atoms with E-state index in [9.17, 15) is 14.4 Å². The normalized spacial score (nSPS) is 12.1. The lowest BCUT2D eigenvalue weighted by molar-refractivity contribution is 0.358. The summed E-state index contributed by atoms with van der Waals surface area (Å²) in [5.41, 5.74) is 1.90. The third kappa shape index (κ3) is 3.89. The second-order valence-corrected chi connectivity index (χ2v) is 7.49. The molecule has 0 aliphatic carbocycles. The Labute approximate surface area is 147 Å². The summed E-state index contributed by atoms with van der Waals surface area (Å²) < 4.78 is 11.6. The predicted molar refractivity (Wildman–Crippen MR) is 99.3 cm³/mol. The van der Waals surface area contributed by atoms with E-state index in [1.165, 1.54) is 0 Å². The van der Waals surface area contributed by atoms with E-state index in [0.717, 1.165) is 16.7 Å². The minimum Gasteiger partial charge on any atom is -0.324 e. The summed E-state index contributed by atoms with van der Waals surface area (Å²) in [5, 5.41) is 3.16. The van der Waals surface area contributed by atoms with Gasteiger partial charge in [0, 0.05) is 0 Å². The fraction of sp³-hybridized carbons (Fsp3) is 0.100. The molecule has 3 aromatic carbocycles. The summed E-state index contributed by atoms with van der Waals surface area (Å²) in [4.78, 5) is 18.9. The zero-order chi connectivity index (χ0) is 17.8. The lowest BCUT2D eigenvalue weighted by Crippen LogP contribution is -2.45. The second-order valence-electron chi connectivity index (χ2n) is 5.85. The summed E-state index contributed by atoms with van der Waals surface area (Å²) in [6, 6.07) is 29.1. The van der Waals surface area contributed by atoms with Gasteiger partial charge in [0.05, 0.1) is 11.8 Å². The summed E-state index contributed by atoms with van der Waals surface area (Å²) in [6.45, 7) is 0. The highest BCUT2D eigenvalue weighted by atomic mass is 31.2. The molecule has 25 heavy (non-hydrogen) atoms. The van der Waals surface area contributed by atoms with Gasteiger partial charge in [-0.15, -0.1) is 0 Å². The first-order valence-corrected chi connectivity index (χ1v) is 9.78. The fourth-order valence-electron chi connectivity index (χ4n) is 3.09. The van der Waals surface area contributed by atoms with Crippen molar-refractivity contribution in [1.82, 2.24) is 5.32 Å². The molecule has 0 aliphatic rings. The van der Waals surface area contributed by atoms with Crippen molar-refractivity contribution < 1.29 is 14.4 Å². The van der Waals surface area contributed by atoms with Crippen LogP contribution in [0, 0.1) is 0 Å². The Morgan fingerprint density at radius 1 is 0.680 bits per heavy atom. The van der Waals surface area contributed by atoms with Gasteiger partial charge in [-0.2, -0.15) is 0 Å². The number of hydrogen-bond acceptors (Lipinski definition) is 2. The van der Waals surface area contributed by atoms with E-state index in [-0.39, 0.29) is 0 Å². The molecule has 0 heterocycles. The molecule has 0 unspecified atom stereocenters. The van der Waals surface area contributed by atoms with Gasteiger partial charge < -0.3 is 9.79 Å². The van der Waals surface area contributed by atoms with E-state index in [0.29, 0.717) is 0 Å². The fourth-order valence-corrected chi connectivity index (χ4v) is 3.54. The Morgan fingerprint density at radius 2 is 1.00 bits per heavy atom. The standard InChI is InChI=1S/C20H20NO3P/c22-25(23,24)16-21-20(17-10-4-1-5-11-17,18-12-6-2-7-13-18)19-14-8-3-9-15-19/h1-15,21H,16H2,(H2,22,23,24). The molecule has 0 bridgehead atoms. The molecule has 3 aromatic rings. The van der Waals surface area contributed by atoms with Crippen LogP contribution >= 0.6 is 7.60 Å². The smallest absolute Gasteiger partial charge is 0.324 e. The van der Waals surface area contributed by atoms with Crippen LogP contribution in [0.15, 0.2) is 91.0 Å². The van der Waals surface area contributed by atoms with Gasteiger partial charge in [-0.1, -0.05) is 91.0 Å². The van der Waals surface area contributed by atoms with Gasteiger partial charge >= 0.3 is 7.60 Å². The number of hydrogen-bond donors (Lipinski definition) is 3. The molecule has 3 N–H and O–H groups in total. The summed E-state index contributed by atoms with van der Waals surface area (Å²) in [6.07, 6.45) is -0.425. The van der Waals surface area contributed by atoms with Crippen LogP contribution in [-0.4, -0.2) is 16.1 Å². The number of benzene rings is 3. The molecule has 5 heteroatoms. The topological polar surface area (TPSA) is 69.6 Å². The van der Waals surface area contributed by atoms with Crippen LogP contribution in [0.25, 0.3) is 0 Å². The zero-order valence-corrected chi connectivity index (χ0v) is 14.5. The molecule has 0 aliphatic heterocycles. The Bertz CT molecular complexity index is 751. The van der Waals surface area contributed by atoms with Crippen molar-refractivity contribution in [1.29, 1.82) is 0 Å². The van der Waals surface area contributed by atoms with Crippen molar-refractivity contribution in [3.05, 3.63) is 108 Å². The predicted octanol–water partition coefficient (Wildman–Crippen LogP) is 3.70. The maximum Gasteiger partial charge on any atom is 0.339 e. The maximum atomic E-state index is 11.6. The van der Waals surface area contributed by atoms with Crippen LogP contribution in [0.2, 0.25) is 0 Å². The summed E-state index contributed by atoms with van der Waals surface area (Å²) in [5.74, 6) is 0. The first-order valence-electron chi connectivity index (χ1n) is 7.98. The second kappa shape index (κ2) is 7.34. The first-order chi connectivity index (χ1) is 12.0. The minimum atomic E-state index is -4.23. The van der Waals surface area contributed by atoms with Crippen molar-refractivity contribution in [2.45, 2.75) is 5.54 Å². The van der Waals surface area contributed by atoms with Gasteiger partial charge in [-0.05, 0) is 16.7 Å². The largest absolute Gasteiger partial charge is 0.339 e. The number of nitrogens with one attached hydrogen (secondary N) is 1. The molecule has 0 saturated heterocycles.